The van der Waals surface area contributed by atoms with Gasteiger partial charge < -0.3 is 10.6 Å². The smallest absolute Gasteiger partial charge is 0.319 e. The Morgan fingerprint density at radius 2 is 1.90 bits per heavy atom. The summed E-state index contributed by atoms with van der Waals surface area (Å²) in [6.07, 6.45) is 1.48. The van der Waals surface area contributed by atoms with Gasteiger partial charge in [-0.1, -0.05) is 18.2 Å². The van der Waals surface area contributed by atoms with Crippen molar-refractivity contribution >= 4 is 38.4 Å². The summed E-state index contributed by atoms with van der Waals surface area (Å²) in [6, 6.07) is 11.4. The van der Waals surface area contributed by atoms with Crippen LogP contribution in [0.25, 0.3) is 0 Å². The second kappa shape index (κ2) is 9.84. The molecule has 1 aromatic heterocycles. The fourth-order valence-electron chi connectivity index (χ4n) is 2.21. The van der Waals surface area contributed by atoms with Crippen LogP contribution in [0.15, 0.2) is 48.7 Å². The molecule has 8 nitrogen and oxygen atoms in total. The zero-order valence-corrected chi connectivity index (χ0v) is 18.3. The lowest BCUT2D eigenvalue weighted by molar-refractivity contribution is 0.252. The van der Waals surface area contributed by atoms with Gasteiger partial charge in [0.05, 0.1) is 5.75 Å². The van der Waals surface area contributed by atoms with Gasteiger partial charge in [-0.2, -0.15) is 0 Å². The number of hydrogen-bond donors (Lipinski definition) is 3. The normalized spacial score (nSPS) is 12.8. The van der Waals surface area contributed by atoms with Crippen molar-refractivity contribution < 1.29 is 17.4 Å². The summed E-state index contributed by atoms with van der Waals surface area (Å²) in [5.41, 5.74) is 1.39. The quantitative estimate of drug-likeness (QED) is 0.586. The van der Waals surface area contributed by atoms with Gasteiger partial charge in [-0.05, 0) is 50.6 Å². The monoisotopic (exact) mass is 438 g/mol. The van der Waals surface area contributed by atoms with E-state index in [4.69, 9.17) is 0 Å². The maximum atomic E-state index is 12.3. The van der Waals surface area contributed by atoms with Crippen LogP contribution in [0.3, 0.4) is 0 Å². The lowest BCUT2D eigenvalue weighted by Crippen LogP contribution is -2.34. The average Bonchev–Trinajstić information content (AvgIpc) is 2.61. The molecule has 0 fully saturated rings. The molecule has 1 aromatic carbocycles. The Kier molecular flexibility index (Phi) is 7.74. The third-order valence-corrected chi connectivity index (χ3v) is 6.97. The van der Waals surface area contributed by atoms with Gasteiger partial charge in [0.15, 0.2) is 0 Å². The number of sulfonamides is 1. The molecule has 0 saturated carbocycles. The predicted molar refractivity (Wildman–Crippen MR) is 117 cm³/mol. The van der Waals surface area contributed by atoms with Gasteiger partial charge in [-0.15, -0.1) is 0 Å². The third-order valence-electron chi connectivity index (χ3n) is 3.75. The molecule has 29 heavy (non-hydrogen) atoms. The van der Waals surface area contributed by atoms with E-state index >= 15 is 0 Å². The van der Waals surface area contributed by atoms with E-state index < -0.39 is 26.9 Å². The van der Waals surface area contributed by atoms with E-state index in [0.717, 1.165) is 5.56 Å². The van der Waals surface area contributed by atoms with Gasteiger partial charge in [0, 0.05) is 39.7 Å². The second-order valence-corrected chi connectivity index (χ2v) is 11.4. The number of carbonyl (C=O) groups is 1. The van der Waals surface area contributed by atoms with E-state index in [-0.39, 0.29) is 22.9 Å². The molecule has 0 aliphatic heterocycles. The van der Waals surface area contributed by atoms with Crippen molar-refractivity contribution in [1.29, 1.82) is 0 Å². The lowest BCUT2D eigenvalue weighted by atomic mass is 10.2. The maximum absolute atomic E-state index is 12.3. The summed E-state index contributed by atoms with van der Waals surface area (Å²) >= 11 is 0. The largest absolute Gasteiger partial charge is 0.337 e. The summed E-state index contributed by atoms with van der Waals surface area (Å²) in [6.45, 7) is 5.67. The number of nitrogens with one attached hydrogen (secondary N) is 3. The number of pyridine rings is 1. The van der Waals surface area contributed by atoms with E-state index in [1.807, 2.05) is 26.8 Å². The van der Waals surface area contributed by atoms with E-state index in [1.165, 1.54) is 12.3 Å². The molecule has 2 amide bonds. The van der Waals surface area contributed by atoms with E-state index in [2.05, 4.69) is 20.3 Å². The van der Waals surface area contributed by atoms with Crippen LogP contribution in [0, 0.1) is 0 Å². The van der Waals surface area contributed by atoms with Crippen LogP contribution in [0.1, 0.15) is 26.3 Å². The average molecular weight is 439 g/mol. The van der Waals surface area contributed by atoms with Gasteiger partial charge in [-0.25, -0.2) is 18.2 Å². The highest BCUT2D eigenvalue weighted by Gasteiger charge is 2.19. The highest BCUT2D eigenvalue weighted by molar-refractivity contribution is 7.92. The number of urea groups is 1. The van der Waals surface area contributed by atoms with Crippen molar-refractivity contribution in [2.24, 2.45) is 0 Å². The topological polar surface area (TPSA) is 117 Å². The van der Waals surface area contributed by atoms with Crippen molar-refractivity contribution in [3.8, 4) is 0 Å². The number of hydrogen-bond acceptors (Lipinski definition) is 5. The molecule has 3 N–H and O–H groups in total. The molecule has 158 valence electrons. The van der Waals surface area contributed by atoms with Crippen molar-refractivity contribution in [3.63, 3.8) is 0 Å². The van der Waals surface area contributed by atoms with Gasteiger partial charge >= 0.3 is 6.03 Å². The molecule has 0 saturated heterocycles. The van der Waals surface area contributed by atoms with Crippen LogP contribution in [0.5, 0.6) is 0 Å². The zero-order valence-electron chi connectivity index (χ0n) is 16.6. The molecule has 2 rings (SSSR count). The summed E-state index contributed by atoms with van der Waals surface area (Å²) in [7, 11) is -4.67. The highest BCUT2D eigenvalue weighted by Crippen LogP contribution is 2.18. The standard InChI is InChI=1S/C19H26N4O4S2/c1-19(2,3)28(25)14-15-7-6-8-16(13-15)22-18(24)21-11-12-29(26,27)23-17-9-4-5-10-20-17/h4-10,13H,11-12,14H2,1-3H3,(H,20,23)(H2,21,22,24)/t28-/m0/s1. The molecule has 10 heteroatoms. The summed E-state index contributed by atoms with van der Waals surface area (Å²) in [4.78, 5) is 15.9. The first-order valence-corrected chi connectivity index (χ1v) is 12.0. The second-order valence-electron chi connectivity index (χ2n) is 7.32. The number of amides is 2. The van der Waals surface area contributed by atoms with Crippen LogP contribution < -0.4 is 15.4 Å². The Morgan fingerprint density at radius 1 is 1.14 bits per heavy atom. The number of benzene rings is 1. The number of rotatable bonds is 8. The Hall–Kier alpha value is -2.46. The van der Waals surface area contributed by atoms with Crippen LogP contribution >= 0.6 is 0 Å². The molecule has 2 aromatic rings. The summed E-state index contributed by atoms with van der Waals surface area (Å²) in [5, 5.41) is 5.16. The maximum Gasteiger partial charge on any atom is 0.319 e. The lowest BCUT2D eigenvalue weighted by Gasteiger charge is -2.18. The SMILES string of the molecule is CC(C)(C)[S@@](=O)Cc1cccc(NC(=O)NCCS(=O)(=O)Nc2ccccn2)c1. The number of carbonyl (C=O) groups excluding carboxylic acids is 1. The van der Waals surface area contributed by atoms with Crippen molar-refractivity contribution in [2.45, 2.75) is 31.3 Å². The van der Waals surface area contributed by atoms with Gasteiger partial charge in [0.2, 0.25) is 10.0 Å². The third kappa shape index (κ3) is 8.20. The van der Waals surface area contributed by atoms with Crippen molar-refractivity contribution in [2.75, 3.05) is 22.3 Å². The van der Waals surface area contributed by atoms with Crippen LogP contribution in [0.4, 0.5) is 16.3 Å². The van der Waals surface area contributed by atoms with Gasteiger partial charge in [0.25, 0.3) is 0 Å². The molecule has 1 heterocycles. The minimum Gasteiger partial charge on any atom is -0.337 e. The first kappa shape index (κ1) is 22.8. The fourth-order valence-corrected chi connectivity index (χ4v) is 4.04. The molecular formula is C19H26N4O4S2. The first-order valence-electron chi connectivity index (χ1n) is 8.99. The molecule has 0 aliphatic rings. The molecule has 0 aliphatic carbocycles. The van der Waals surface area contributed by atoms with Gasteiger partial charge in [-0.3, -0.25) is 8.93 Å². The molecule has 0 unspecified atom stereocenters. The molecular weight excluding hydrogens is 412 g/mol. The predicted octanol–water partition coefficient (Wildman–Crippen LogP) is 2.69. The molecule has 0 bridgehead atoms. The number of anilines is 2. The molecule has 1 atom stereocenters. The Labute approximate surface area is 174 Å². The minimum atomic E-state index is -3.63. The molecule has 0 spiro atoms. The summed E-state index contributed by atoms with van der Waals surface area (Å²) < 4.78 is 38.3. The Bertz CT molecular complexity index is 958. The number of aromatic nitrogens is 1. The van der Waals surface area contributed by atoms with E-state index in [9.17, 15) is 17.4 Å². The van der Waals surface area contributed by atoms with E-state index in [1.54, 1.807) is 30.3 Å². The fraction of sp³-hybridized carbons (Fsp3) is 0.368. The van der Waals surface area contributed by atoms with E-state index in [0.29, 0.717) is 11.4 Å². The van der Waals surface area contributed by atoms with Crippen molar-refractivity contribution in [1.82, 2.24) is 10.3 Å². The Balaban J connectivity index is 1.83. The Morgan fingerprint density at radius 3 is 2.55 bits per heavy atom. The summed E-state index contributed by atoms with van der Waals surface area (Å²) in [5.74, 6) is 0.320. The van der Waals surface area contributed by atoms with Crippen LogP contribution in [0.2, 0.25) is 0 Å². The van der Waals surface area contributed by atoms with Gasteiger partial charge in [0.1, 0.15) is 5.82 Å². The minimum absolute atomic E-state index is 0.0677. The number of nitrogens with zero attached hydrogens (tertiary/aromatic N) is 1. The van der Waals surface area contributed by atoms with Crippen LogP contribution in [-0.4, -0.2) is 40.7 Å². The zero-order chi connectivity index (χ0) is 21.5. The first-order chi connectivity index (χ1) is 13.5. The van der Waals surface area contributed by atoms with Crippen LogP contribution in [-0.2, 0) is 26.6 Å². The molecule has 0 radical (unpaired) electrons. The van der Waals surface area contributed by atoms with Crippen molar-refractivity contribution in [3.05, 3.63) is 54.2 Å². The highest BCUT2D eigenvalue weighted by atomic mass is 32.2.